The second kappa shape index (κ2) is 8.90. The van der Waals surface area contributed by atoms with Crippen LogP contribution in [0.25, 0.3) is 4.85 Å². The van der Waals surface area contributed by atoms with Crippen molar-refractivity contribution in [3.05, 3.63) is 59.2 Å². The minimum atomic E-state index is -1.13. The van der Waals surface area contributed by atoms with E-state index in [9.17, 15) is 14.3 Å². The van der Waals surface area contributed by atoms with Gasteiger partial charge in [-0.2, -0.15) is 0 Å². The number of carbonyl (C=O) groups is 1. The lowest BCUT2D eigenvalue weighted by atomic mass is 10.1. The van der Waals surface area contributed by atoms with Crippen LogP contribution in [0.1, 0.15) is 32.4 Å². The Hall–Kier alpha value is -3.27. The third-order valence-corrected chi connectivity index (χ3v) is 3.59. The molecule has 7 heteroatoms. The number of halogens is 1. The number of benzene rings is 2. The zero-order valence-electron chi connectivity index (χ0n) is 15.3. The van der Waals surface area contributed by atoms with Crippen molar-refractivity contribution < 1.29 is 23.8 Å². The first-order valence-corrected chi connectivity index (χ1v) is 8.45. The van der Waals surface area contributed by atoms with E-state index in [-0.39, 0.29) is 17.5 Å². The summed E-state index contributed by atoms with van der Waals surface area (Å²) in [5.74, 6) is -0.891. The predicted molar refractivity (Wildman–Crippen MR) is 100 cm³/mol. The lowest BCUT2D eigenvalue weighted by Crippen LogP contribution is -2.20. The largest absolute Gasteiger partial charge is 0.490 e. The molecule has 0 heterocycles. The number of ether oxygens (including phenoxy) is 2. The van der Waals surface area contributed by atoms with Gasteiger partial charge in [0.2, 0.25) is 5.69 Å². The number of carboxylic acids is 1. The molecule has 0 radical (unpaired) electrons. The molecule has 0 spiro atoms. The van der Waals surface area contributed by atoms with Gasteiger partial charge in [0.25, 0.3) is 0 Å². The summed E-state index contributed by atoms with van der Waals surface area (Å²) in [6.07, 6.45) is -0.0626. The summed E-state index contributed by atoms with van der Waals surface area (Å²) < 4.78 is 25.1. The van der Waals surface area contributed by atoms with E-state index in [2.05, 4.69) is 10.2 Å². The van der Waals surface area contributed by atoms with Crippen LogP contribution >= 0.6 is 0 Å². The van der Waals surface area contributed by atoms with Crippen molar-refractivity contribution in [2.45, 2.75) is 32.9 Å². The fourth-order valence-electron chi connectivity index (χ4n) is 2.47. The third kappa shape index (κ3) is 5.11. The van der Waals surface area contributed by atoms with E-state index in [4.69, 9.17) is 16.0 Å². The molecule has 0 aliphatic rings. The molecule has 0 fully saturated rings. The SMILES string of the molecule is [C-]#[N+]c1ccc(NC(C(=O)O)c2ccc(OC(C)C)c(OCC)c2)cc1F. The average Bonchev–Trinajstić information content (AvgIpc) is 2.61. The maximum atomic E-state index is 13.8. The fourth-order valence-corrected chi connectivity index (χ4v) is 2.47. The number of anilines is 1. The minimum Gasteiger partial charge on any atom is -0.490 e. The van der Waals surface area contributed by atoms with Crippen LogP contribution in [-0.2, 0) is 4.79 Å². The number of carboxylic acid groups (broad SMARTS) is 1. The van der Waals surface area contributed by atoms with Crippen LogP contribution in [-0.4, -0.2) is 23.8 Å². The Bertz CT molecular complexity index is 862. The zero-order chi connectivity index (χ0) is 20.0. The molecule has 0 saturated heterocycles. The maximum Gasteiger partial charge on any atom is 0.330 e. The molecule has 0 aliphatic heterocycles. The van der Waals surface area contributed by atoms with Crippen LogP contribution in [0.15, 0.2) is 36.4 Å². The lowest BCUT2D eigenvalue weighted by molar-refractivity contribution is -0.138. The first kappa shape index (κ1) is 20.0. The van der Waals surface area contributed by atoms with Crippen molar-refractivity contribution in [1.82, 2.24) is 0 Å². The van der Waals surface area contributed by atoms with Gasteiger partial charge in [-0.25, -0.2) is 14.0 Å². The van der Waals surface area contributed by atoms with E-state index >= 15 is 0 Å². The quantitative estimate of drug-likeness (QED) is 0.651. The summed E-state index contributed by atoms with van der Waals surface area (Å²) in [5.41, 5.74) is 0.561. The Kier molecular flexibility index (Phi) is 6.61. The molecule has 0 amide bonds. The Labute approximate surface area is 157 Å². The van der Waals surface area contributed by atoms with Gasteiger partial charge in [-0.1, -0.05) is 12.1 Å². The molecule has 2 rings (SSSR count). The fraction of sp³-hybridized carbons (Fsp3) is 0.300. The summed E-state index contributed by atoms with van der Waals surface area (Å²) in [4.78, 5) is 14.8. The Morgan fingerprint density at radius 3 is 2.56 bits per heavy atom. The number of aliphatic carboxylic acids is 1. The second-order valence-electron chi connectivity index (χ2n) is 6.00. The number of rotatable bonds is 8. The molecule has 0 bridgehead atoms. The van der Waals surface area contributed by atoms with Crippen LogP contribution in [0.5, 0.6) is 11.5 Å². The van der Waals surface area contributed by atoms with Crippen LogP contribution in [0, 0.1) is 12.4 Å². The van der Waals surface area contributed by atoms with Gasteiger partial charge in [-0.3, -0.25) is 0 Å². The topological polar surface area (TPSA) is 72.2 Å². The highest BCUT2D eigenvalue weighted by atomic mass is 19.1. The Balaban J connectivity index is 2.35. The number of nitrogens with zero attached hydrogens (tertiary/aromatic N) is 1. The summed E-state index contributed by atoms with van der Waals surface area (Å²) in [5, 5.41) is 12.4. The smallest absolute Gasteiger partial charge is 0.330 e. The molecule has 0 aromatic heterocycles. The second-order valence-corrected chi connectivity index (χ2v) is 6.00. The predicted octanol–water partition coefficient (Wildman–Crippen LogP) is 4.80. The zero-order valence-corrected chi connectivity index (χ0v) is 15.3. The molecule has 2 N–H and O–H groups in total. The molecule has 2 aromatic rings. The summed E-state index contributed by atoms with van der Waals surface area (Å²) in [6.45, 7) is 12.9. The van der Waals surface area contributed by atoms with E-state index in [1.54, 1.807) is 18.2 Å². The molecular weight excluding hydrogens is 351 g/mol. The van der Waals surface area contributed by atoms with Gasteiger partial charge in [-0.15, -0.1) is 0 Å². The highest BCUT2D eigenvalue weighted by Gasteiger charge is 2.22. The maximum absolute atomic E-state index is 13.8. The average molecular weight is 372 g/mol. The molecule has 1 atom stereocenters. The summed E-state index contributed by atoms with van der Waals surface area (Å²) >= 11 is 0. The van der Waals surface area contributed by atoms with E-state index in [0.29, 0.717) is 23.7 Å². The van der Waals surface area contributed by atoms with Crippen LogP contribution < -0.4 is 14.8 Å². The van der Waals surface area contributed by atoms with Crippen molar-refractivity contribution in [3.8, 4) is 11.5 Å². The third-order valence-electron chi connectivity index (χ3n) is 3.59. The molecule has 27 heavy (non-hydrogen) atoms. The monoisotopic (exact) mass is 372 g/mol. The van der Waals surface area contributed by atoms with Gasteiger partial charge in [0.15, 0.2) is 17.5 Å². The Morgan fingerprint density at radius 1 is 1.26 bits per heavy atom. The molecule has 1 unspecified atom stereocenters. The van der Waals surface area contributed by atoms with E-state index < -0.39 is 17.8 Å². The first-order valence-electron chi connectivity index (χ1n) is 8.45. The van der Waals surface area contributed by atoms with Crippen LogP contribution in [0.4, 0.5) is 15.8 Å². The number of hydrogen-bond acceptors (Lipinski definition) is 4. The van der Waals surface area contributed by atoms with E-state index in [1.165, 1.54) is 12.1 Å². The molecule has 2 aromatic carbocycles. The van der Waals surface area contributed by atoms with Crippen molar-refractivity contribution in [3.63, 3.8) is 0 Å². The van der Waals surface area contributed by atoms with Crippen molar-refractivity contribution in [2.75, 3.05) is 11.9 Å². The van der Waals surface area contributed by atoms with Crippen LogP contribution in [0.3, 0.4) is 0 Å². The minimum absolute atomic E-state index is 0.0626. The number of nitrogens with one attached hydrogen (secondary N) is 1. The van der Waals surface area contributed by atoms with Gasteiger partial charge in [0.05, 0.1) is 19.3 Å². The molecular formula is C20H21FN2O4. The Morgan fingerprint density at radius 2 is 2.00 bits per heavy atom. The van der Waals surface area contributed by atoms with Gasteiger partial charge in [-0.05, 0) is 50.6 Å². The van der Waals surface area contributed by atoms with Gasteiger partial charge in [0, 0.05) is 5.69 Å². The van der Waals surface area contributed by atoms with Gasteiger partial charge < -0.3 is 19.9 Å². The van der Waals surface area contributed by atoms with Crippen molar-refractivity contribution in [2.24, 2.45) is 0 Å². The molecule has 142 valence electrons. The van der Waals surface area contributed by atoms with Gasteiger partial charge >= 0.3 is 5.97 Å². The standard InChI is InChI=1S/C20H21FN2O4/c1-5-26-18-10-13(6-9-17(18)27-12(2)3)19(20(24)25)23-14-7-8-16(22-4)15(21)11-14/h6-12,19,23H,5H2,1-3H3,(H,24,25). The molecule has 0 saturated carbocycles. The van der Waals surface area contributed by atoms with Crippen molar-refractivity contribution >= 4 is 17.3 Å². The van der Waals surface area contributed by atoms with E-state index in [1.807, 2.05) is 20.8 Å². The van der Waals surface area contributed by atoms with Crippen molar-refractivity contribution in [1.29, 1.82) is 0 Å². The molecule has 6 nitrogen and oxygen atoms in total. The summed E-state index contributed by atoms with van der Waals surface area (Å²) in [6, 6.07) is 7.60. The van der Waals surface area contributed by atoms with Crippen LogP contribution in [0.2, 0.25) is 0 Å². The highest BCUT2D eigenvalue weighted by molar-refractivity contribution is 5.80. The molecule has 0 aliphatic carbocycles. The highest BCUT2D eigenvalue weighted by Crippen LogP contribution is 2.33. The van der Waals surface area contributed by atoms with E-state index in [0.717, 1.165) is 6.07 Å². The normalized spacial score (nSPS) is 11.6. The first-order chi connectivity index (χ1) is 12.8. The van der Waals surface area contributed by atoms with Gasteiger partial charge in [0.1, 0.15) is 5.82 Å². The number of hydrogen-bond donors (Lipinski definition) is 2. The lowest BCUT2D eigenvalue weighted by Gasteiger charge is -2.20. The summed E-state index contributed by atoms with van der Waals surface area (Å²) in [7, 11) is 0.